The van der Waals surface area contributed by atoms with Crippen molar-refractivity contribution < 1.29 is 9.32 Å². The Labute approximate surface area is 113 Å². The summed E-state index contributed by atoms with van der Waals surface area (Å²) in [5, 5.41) is 7.19. The van der Waals surface area contributed by atoms with Gasteiger partial charge in [0.25, 0.3) is 5.91 Å². The first-order valence-electron chi connectivity index (χ1n) is 7.17. The average molecular weight is 263 g/mol. The van der Waals surface area contributed by atoms with Crippen LogP contribution in [0, 0.1) is 6.92 Å². The second-order valence-corrected chi connectivity index (χ2v) is 5.71. The molecule has 104 valence electrons. The summed E-state index contributed by atoms with van der Waals surface area (Å²) in [5.41, 5.74) is 0.629. The van der Waals surface area contributed by atoms with Crippen LogP contribution in [-0.2, 0) is 0 Å². The lowest BCUT2D eigenvalue weighted by Crippen LogP contribution is -2.63. The second kappa shape index (κ2) is 4.96. The molecule has 2 fully saturated rings. The van der Waals surface area contributed by atoms with Gasteiger partial charge >= 0.3 is 0 Å². The van der Waals surface area contributed by atoms with Crippen molar-refractivity contribution >= 4 is 5.91 Å². The Balaban J connectivity index is 1.88. The van der Waals surface area contributed by atoms with E-state index in [1.807, 2.05) is 0 Å². The maximum absolute atomic E-state index is 12.8. The average Bonchev–Trinajstić information content (AvgIpc) is 2.86. The van der Waals surface area contributed by atoms with Gasteiger partial charge in [0.1, 0.15) is 11.3 Å². The molecule has 19 heavy (non-hydrogen) atoms. The van der Waals surface area contributed by atoms with Gasteiger partial charge in [0, 0.05) is 19.6 Å². The molecular formula is C14H21N3O2. The predicted octanol–water partition coefficient (Wildman–Crippen LogP) is 1.73. The molecule has 5 heteroatoms. The van der Waals surface area contributed by atoms with Gasteiger partial charge < -0.3 is 14.7 Å². The Hall–Kier alpha value is -1.36. The second-order valence-electron chi connectivity index (χ2n) is 5.71. The van der Waals surface area contributed by atoms with Gasteiger partial charge in [-0.1, -0.05) is 24.4 Å². The molecule has 0 aromatic carbocycles. The minimum Gasteiger partial charge on any atom is -0.361 e. The number of aromatic nitrogens is 1. The van der Waals surface area contributed by atoms with Crippen molar-refractivity contribution in [3.63, 3.8) is 0 Å². The van der Waals surface area contributed by atoms with Crippen LogP contribution in [0.15, 0.2) is 10.7 Å². The van der Waals surface area contributed by atoms with E-state index in [0.29, 0.717) is 11.3 Å². The molecule has 1 N–H and O–H groups in total. The molecule has 2 heterocycles. The van der Waals surface area contributed by atoms with E-state index in [1.165, 1.54) is 19.3 Å². The van der Waals surface area contributed by atoms with Gasteiger partial charge in [-0.3, -0.25) is 4.79 Å². The van der Waals surface area contributed by atoms with Gasteiger partial charge in [-0.2, -0.15) is 0 Å². The van der Waals surface area contributed by atoms with Crippen LogP contribution < -0.4 is 5.32 Å². The summed E-state index contributed by atoms with van der Waals surface area (Å²) in [6.45, 7) is 4.38. The molecule has 5 nitrogen and oxygen atoms in total. The zero-order chi connectivity index (χ0) is 13.3. The SMILES string of the molecule is Cc1oncc1C(=O)N1CCNCC12CCCCC2. The first-order valence-corrected chi connectivity index (χ1v) is 7.17. The van der Waals surface area contributed by atoms with Gasteiger partial charge in [0.2, 0.25) is 0 Å². The smallest absolute Gasteiger partial charge is 0.259 e. The molecule has 0 atom stereocenters. The molecule has 1 saturated heterocycles. The van der Waals surface area contributed by atoms with Crippen LogP contribution >= 0.6 is 0 Å². The topological polar surface area (TPSA) is 58.4 Å². The summed E-state index contributed by atoms with van der Waals surface area (Å²) >= 11 is 0. The van der Waals surface area contributed by atoms with Gasteiger partial charge in [0.15, 0.2) is 0 Å². The molecule has 1 aliphatic heterocycles. The van der Waals surface area contributed by atoms with E-state index in [0.717, 1.165) is 32.5 Å². The molecule has 1 aliphatic carbocycles. The number of carbonyl (C=O) groups excluding carboxylic acids is 1. The van der Waals surface area contributed by atoms with E-state index in [-0.39, 0.29) is 11.4 Å². The number of piperazine rings is 1. The van der Waals surface area contributed by atoms with Crippen molar-refractivity contribution in [2.75, 3.05) is 19.6 Å². The van der Waals surface area contributed by atoms with Gasteiger partial charge in [0.05, 0.1) is 11.7 Å². The molecule has 1 saturated carbocycles. The third-order valence-electron chi connectivity index (χ3n) is 4.55. The van der Waals surface area contributed by atoms with Crippen LogP contribution in [0.25, 0.3) is 0 Å². The molecule has 3 rings (SSSR count). The van der Waals surface area contributed by atoms with Crippen molar-refractivity contribution in [2.24, 2.45) is 0 Å². The van der Waals surface area contributed by atoms with Crippen molar-refractivity contribution in [1.82, 2.24) is 15.4 Å². The van der Waals surface area contributed by atoms with E-state index < -0.39 is 0 Å². The molecule has 1 aromatic heterocycles. The molecule has 1 spiro atoms. The third kappa shape index (κ3) is 2.16. The molecule has 0 unspecified atom stereocenters. The molecule has 1 amide bonds. The number of amides is 1. The Morgan fingerprint density at radius 1 is 1.42 bits per heavy atom. The van der Waals surface area contributed by atoms with Crippen LogP contribution in [0.1, 0.15) is 48.2 Å². The number of carbonyl (C=O) groups is 1. The Kier molecular flexibility index (Phi) is 3.31. The summed E-state index contributed by atoms with van der Waals surface area (Å²) in [6.07, 6.45) is 7.49. The number of aryl methyl sites for hydroxylation is 1. The first kappa shape index (κ1) is 12.7. The first-order chi connectivity index (χ1) is 9.23. The summed E-state index contributed by atoms with van der Waals surface area (Å²) < 4.78 is 5.04. The normalized spacial score (nSPS) is 22.7. The van der Waals surface area contributed by atoms with E-state index in [2.05, 4.69) is 15.4 Å². The summed E-state index contributed by atoms with van der Waals surface area (Å²) in [4.78, 5) is 14.8. The van der Waals surface area contributed by atoms with E-state index in [1.54, 1.807) is 13.1 Å². The van der Waals surface area contributed by atoms with Gasteiger partial charge in [-0.25, -0.2) is 0 Å². The zero-order valence-corrected chi connectivity index (χ0v) is 11.4. The van der Waals surface area contributed by atoms with Gasteiger partial charge in [-0.05, 0) is 19.8 Å². The molecular weight excluding hydrogens is 242 g/mol. The largest absolute Gasteiger partial charge is 0.361 e. The Morgan fingerprint density at radius 2 is 2.21 bits per heavy atom. The fourth-order valence-corrected chi connectivity index (χ4v) is 3.47. The van der Waals surface area contributed by atoms with E-state index >= 15 is 0 Å². The summed E-state index contributed by atoms with van der Waals surface area (Å²) in [5.74, 6) is 0.705. The van der Waals surface area contributed by atoms with E-state index in [9.17, 15) is 4.79 Å². The highest BCUT2D eigenvalue weighted by molar-refractivity contribution is 5.95. The van der Waals surface area contributed by atoms with Crippen molar-refractivity contribution in [2.45, 2.75) is 44.6 Å². The predicted molar refractivity (Wildman–Crippen MR) is 71.0 cm³/mol. The van der Waals surface area contributed by atoms with Crippen molar-refractivity contribution in [1.29, 1.82) is 0 Å². The fourth-order valence-electron chi connectivity index (χ4n) is 3.47. The molecule has 0 radical (unpaired) electrons. The lowest BCUT2D eigenvalue weighted by atomic mass is 9.78. The number of rotatable bonds is 1. The number of nitrogens with zero attached hydrogens (tertiary/aromatic N) is 2. The monoisotopic (exact) mass is 263 g/mol. The Morgan fingerprint density at radius 3 is 2.89 bits per heavy atom. The maximum atomic E-state index is 12.8. The van der Waals surface area contributed by atoms with Crippen LogP contribution in [0.5, 0.6) is 0 Å². The van der Waals surface area contributed by atoms with Crippen LogP contribution in [0.4, 0.5) is 0 Å². The Bertz CT molecular complexity index is 455. The van der Waals surface area contributed by atoms with Crippen molar-refractivity contribution in [3.8, 4) is 0 Å². The quantitative estimate of drug-likeness (QED) is 0.838. The van der Waals surface area contributed by atoms with Crippen LogP contribution in [0.2, 0.25) is 0 Å². The lowest BCUT2D eigenvalue weighted by Gasteiger charge is -2.49. The highest BCUT2D eigenvalue weighted by atomic mass is 16.5. The number of hydrogen-bond acceptors (Lipinski definition) is 4. The lowest BCUT2D eigenvalue weighted by molar-refractivity contribution is 0.0221. The van der Waals surface area contributed by atoms with E-state index in [4.69, 9.17) is 4.52 Å². The maximum Gasteiger partial charge on any atom is 0.259 e. The minimum atomic E-state index is 0.0112. The fraction of sp³-hybridized carbons (Fsp3) is 0.714. The third-order valence-corrected chi connectivity index (χ3v) is 4.55. The molecule has 0 bridgehead atoms. The highest BCUT2D eigenvalue weighted by Crippen LogP contribution is 2.35. The van der Waals surface area contributed by atoms with Crippen LogP contribution in [-0.4, -0.2) is 41.1 Å². The highest BCUT2D eigenvalue weighted by Gasteiger charge is 2.43. The van der Waals surface area contributed by atoms with Gasteiger partial charge in [-0.15, -0.1) is 0 Å². The summed E-state index contributed by atoms with van der Waals surface area (Å²) in [6, 6.07) is 0. The minimum absolute atomic E-state index is 0.0112. The number of hydrogen-bond donors (Lipinski definition) is 1. The molecule has 1 aromatic rings. The van der Waals surface area contributed by atoms with Crippen LogP contribution in [0.3, 0.4) is 0 Å². The summed E-state index contributed by atoms with van der Waals surface area (Å²) in [7, 11) is 0. The van der Waals surface area contributed by atoms with Crippen molar-refractivity contribution in [3.05, 3.63) is 17.5 Å². The standard InChI is InChI=1S/C14H21N3O2/c1-11-12(9-16-19-11)13(18)17-8-7-15-10-14(17)5-3-2-4-6-14/h9,15H,2-8,10H2,1H3. The molecule has 2 aliphatic rings. The number of nitrogens with one attached hydrogen (secondary N) is 1. The zero-order valence-electron chi connectivity index (χ0n) is 11.4.